The van der Waals surface area contributed by atoms with Crippen LogP contribution in [-0.2, 0) is 21.6 Å². The minimum absolute atomic E-state index is 0.0373. The van der Waals surface area contributed by atoms with Gasteiger partial charge >= 0.3 is 0 Å². The largest absolute Gasteiger partial charge is 0.490 e. The Morgan fingerprint density at radius 1 is 0.870 bits per heavy atom. The van der Waals surface area contributed by atoms with Crippen LogP contribution < -0.4 is 20.1 Å². The van der Waals surface area contributed by atoms with Crippen molar-refractivity contribution in [3.05, 3.63) is 119 Å². The summed E-state index contributed by atoms with van der Waals surface area (Å²) < 4.78 is 17.5. The molecule has 13 heteroatoms. The maximum Gasteiger partial charge on any atom is 0.276 e. The fourth-order valence-corrected chi connectivity index (χ4v) is 7.09. The number of piperidine rings is 1. The fraction of sp³-hybridized carbons (Fsp3) is 0.293. The van der Waals surface area contributed by atoms with E-state index in [0.717, 1.165) is 46.1 Å². The van der Waals surface area contributed by atoms with E-state index in [1.165, 1.54) is 0 Å². The standard InChI is InChI=1S/C41H38N6O7/c1-23-42-38(54-46-23)34-6-4-5-27(44-34)22-52-29-12-7-24(8-13-29)41(2,3)25-9-14-30(15-10-25)53-31-19-28(20-31)43-26-11-16-32-33(21-26)40(51)47(39(32)50)35-17-18-36(48)45-37(35)49/h4-16,21,28,31,35,43H,17-20,22H2,1-3H3,(H,45,48,49). The van der Waals surface area contributed by atoms with Gasteiger partial charge in [0.1, 0.15) is 35.9 Å². The average Bonchev–Trinajstić information content (AvgIpc) is 3.70. The highest BCUT2D eigenvalue weighted by atomic mass is 16.5. The molecule has 2 fully saturated rings. The van der Waals surface area contributed by atoms with E-state index in [4.69, 9.17) is 14.0 Å². The minimum atomic E-state index is -0.989. The number of nitrogens with one attached hydrogen (secondary N) is 2. The number of ether oxygens (including phenoxy) is 2. The lowest BCUT2D eigenvalue weighted by molar-refractivity contribution is -0.136. The molecule has 1 atom stereocenters. The van der Waals surface area contributed by atoms with Gasteiger partial charge in [0.05, 0.1) is 16.8 Å². The number of carbonyl (C=O) groups is 4. The molecular formula is C41H38N6O7. The lowest BCUT2D eigenvalue weighted by Crippen LogP contribution is -2.54. The highest BCUT2D eigenvalue weighted by Gasteiger charge is 2.45. The number of pyridine rings is 1. The van der Waals surface area contributed by atoms with E-state index in [9.17, 15) is 19.2 Å². The predicted molar refractivity (Wildman–Crippen MR) is 196 cm³/mol. The van der Waals surface area contributed by atoms with Gasteiger partial charge in [-0.2, -0.15) is 4.98 Å². The van der Waals surface area contributed by atoms with Crippen molar-refractivity contribution in [3.8, 4) is 23.1 Å². The van der Waals surface area contributed by atoms with E-state index in [1.807, 2.05) is 42.5 Å². The Kier molecular flexibility index (Phi) is 8.92. The molecule has 274 valence electrons. The van der Waals surface area contributed by atoms with E-state index in [0.29, 0.717) is 29.7 Å². The van der Waals surface area contributed by atoms with Crippen molar-refractivity contribution in [1.29, 1.82) is 0 Å². The lowest BCUT2D eigenvalue weighted by atomic mass is 9.78. The Morgan fingerprint density at radius 2 is 1.57 bits per heavy atom. The number of anilines is 1. The minimum Gasteiger partial charge on any atom is -0.490 e. The van der Waals surface area contributed by atoms with E-state index in [2.05, 4.69) is 63.9 Å². The molecule has 3 aliphatic rings. The normalized spacial score (nSPS) is 19.6. The van der Waals surface area contributed by atoms with Crippen LogP contribution >= 0.6 is 0 Å². The topological polar surface area (TPSA) is 166 Å². The zero-order valence-electron chi connectivity index (χ0n) is 30.0. The first-order chi connectivity index (χ1) is 26.0. The molecular weight excluding hydrogens is 688 g/mol. The van der Waals surface area contributed by atoms with E-state index in [-0.39, 0.29) is 41.5 Å². The molecule has 3 aromatic carbocycles. The molecule has 5 aromatic rings. The molecule has 13 nitrogen and oxygen atoms in total. The number of imide groups is 2. The van der Waals surface area contributed by atoms with Gasteiger partial charge in [-0.05, 0) is 79.1 Å². The third-order valence-corrected chi connectivity index (χ3v) is 10.3. The molecule has 4 amide bonds. The molecule has 2 N–H and O–H groups in total. The van der Waals surface area contributed by atoms with Crippen molar-refractivity contribution < 1.29 is 33.2 Å². The number of rotatable bonds is 11. The van der Waals surface area contributed by atoms with E-state index < -0.39 is 29.7 Å². The third-order valence-electron chi connectivity index (χ3n) is 10.3. The second-order valence-corrected chi connectivity index (χ2v) is 14.4. The molecule has 0 spiro atoms. The van der Waals surface area contributed by atoms with Crippen LogP contribution in [0.1, 0.15) is 82.9 Å². The number of nitrogens with zero attached hydrogens (tertiary/aromatic N) is 4. The van der Waals surface area contributed by atoms with E-state index >= 15 is 0 Å². The average molecular weight is 727 g/mol. The number of carbonyl (C=O) groups excluding carboxylic acids is 4. The molecule has 0 radical (unpaired) electrons. The predicted octanol–water partition coefficient (Wildman–Crippen LogP) is 5.77. The molecule has 8 rings (SSSR count). The number of hydrogen-bond acceptors (Lipinski definition) is 11. The molecule has 2 aromatic heterocycles. The van der Waals surface area contributed by atoms with Gasteiger partial charge < -0.3 is 19.3 Å². The number of amides is 4. The van der Waals surface area contributed by atoms with Crippen LogP contribution in [0.15, 0.2) is 89.5 Å². The summed E-state index contributed by atoms with van der Waals surface area (Å²) in [5.74, 6) is 0.397. The fourth-order valence-electron chi connectivity index (χ4n) is 7.09. The quantitative estimate of drug-likeness (QED) is 0.159. The van der Waals surface area contributed by atoms with Crippen LogP contribution in [0.2, 0.25) is 0 Å². The Bertz CT molecular complexity index is 2260. The number of fused-ring (bicyclic) bond motifs is 1. The number of benzene rings is 3. The molecule has 1 unspecified atom stereocenters. The molecule has 54 heavy (non-hydrogen) atoms. The lowest BCUT2D eigenvalue weighted by Gasteiger charge is -2.36. The summed E-state index contributed by atoms with van der Waals surface area (Å²) >= 11 is 0. The zero-order valence-corrected chi connectivity index (χ0v) is 30.0. The Labute approximate surface area is 311 Å². The Morgan fingerprint density at radius 3 is 2.26 bits per heavy atom. The molecule has 4 heterocycles. The van der Waals surface area contributed by atoms with Crippen LogP contribution in [0.5, 0.6) is 11.5 Å². The first-order valence-electron chi connectivity index (χ1n) is 17.9. The highest BCUT2D eigenvalue weighted by molar-refractivity contribution is 6.23. The van der Waals surface area contributed by atoms with Gasteiger partial charge in [-0.15, -0.1) is 0 Å². The second-order valence-electron chi connectivity index (χ2n) is 14.4. The summed E-state index contributed by atoms with van der Waals surface area (Å²) in [6.45, 7) is 6.43. The number of aryl methyl sites for hydroxylation is 1. The first-order valence-corrected chi connectivity index (χ1v) is 17.9. The molecule has 1 aliphatic carbocycles. The highest BCUT2D eigenvalue weighted by Crippen LogP contribution is 2.36. The Hall–Kier alpha value is -6.37. The van der Waals surface area contributed by atoms with Crippen molar-refractivity contribution >= 4 is 29.3 Å². The maximum atomic E-state index is 13.2. The molecule has 1 saturated heterocycles. The summed E-state index contributed by atoms with van der Waals surface area (Å²) in [5.41, 5.74) is 4.61. The van der Waals surface area contributed by atoms with Crippen LogP contribution in [0.25, 0.3) is 11.6 Å². The van der Waals surface area contributed by atoms with Gasteiger partial charge in [0.15, 0.2) is 5.82 Å². The SMILES string of the molecule is Cc1noc(-c2cccc(COc3ccc(C(C)(C)c4ccc(OC5CC(Nc6ccc7c(c6)C(=O)N(C6CCC(=O)NC6=O)C7=O)C5)cc4)cc3)n2)n1. The van der Waals surface area contributed by atoms with Crippen molar-refractivity contribution in [2.75, 3.05) is 5.32 Å². The van der Waals surface area contributed by atoms with E-state index in [1.54, 1.807) is 25.1 Å². The van der Waals surface area contributed by atoms with Gasteiger partial charge in [0.25, 0.3) is 17.7 Å². The molecule has 0 bridgehead atoms. The third kappa shape index (κ3) is 6.80. The van der Waals surface area contributed by atoms with Crippen molar-refractivity contribution in [2.45, 2.75) is 76.7 Å². The van der Waals surface area contributed by atoms with Crippen LogP contribution in [-0.4, -0.2) is 61.8 Å². The monoisotopic (exact) mass is 726 g/mol. The summed E-state index contributed by atoms with van der Waals surface area (Å²) in [6, 6.07) is 26.1. The zero-order chi connectivity index (χ0) is 37.6. The van der Waals surface area contributed by atoms with Gasteiger partial charge in [-0.25, -0.2) is 4.98 Å². The summed E-state index contributed by atoms with van der Waals surface area (Å²) in [5, 5.41) is 9.49. The van der Waals surface area contributed by atoms with Crippen LogP contribution in [0, 0.1) is 6.92 Å². The summed E-state index contributed by atoms with van der Waals surface area (Å²) in [7, 11) is 0. The van der Waals surface area contributed by atoms with Gasteiger partial charge in [-0.1, -0.05) is 49.3 Å². The summed E-state index contributed by atoms with van der Waals surface area (Å²) in [6.07, 6.45) is 1.78. The van der Waals surface area contributed by atoms with Crippen LogP contribution in [0.4, 0.5) is 5.69 Å². The van der Waals surface area contributed by atoms with Gasteiger partial charge in [0, 0.05) is 36.4 Å². The van der Waals surface area contributed by atoms with Crippen molar-refractivity contribution in [1.82, 2.24) is 25.3 Å². The van der Waals surface area contributed by atoms with Gasteiger partial charge in [-0.3, -0.25) is 29.4 Å². The van der Waals surface area contributed by atoms with Gasteiger partial charge in [0.2, 0.25) is 11.8 Å². The van der Waals surface area contributed by atoms with Crippen molar-refractivity contribution in [3.63, 3.8) is 0 Å². The first kappa shape index (κ1) is 34.7. The smallest absolute Gasteiger partial charge is 0.276 e. The number of hydrogen-bond donors (Lipinski definition) is 2. The molecule has 2 aliphatic heterocycles. The maximum absolute atomic E-state index is 13.2. The van der Waals surface area contributed by atoms with Crippen molar-refractivity contribution in [2.24, 2.45) is 0 Å². The number of aromatic nitrogens is 3. The van der Waals surface area contributed by atoms with Crippen LogP contribution in [0.3, 0.4) is 0 Å². The summed E-state index contributed by atoms with van der Waals surface area (Å²) in [4.78, 5) is 59.9. The second kappa shape index (κ2) is 13.9. The molecule has 1 saturated carbocycles. The Balaban J connectivity index is 0.822.